The molecule has 0 radical (unpaired) electrons. The largest absolute Gasteiger partial charge is 0.274 e. The maximum atomic E-state index is 13.2. The SMILES string of the molecule is Cc1nnc(SCc2cccc(F)c2)n1-c1ccccc1. The number of halogens is 1. The molecule has 0 bridgehead atoms. The number of aryl methyl sites for hydroxylation is 1. The highest BCUT2D eigenvalue weighted by molar-refractivity contribution is 7.98. The van der Waals surface area contributed by atoms with Crippen molar-refractivity contribution in [3.8, 4) is 5.69 Å². The fourth-order valence-corrected chi connectivity index (χ4v) is 3.03. The van der Waals surface area contributed by atoms with Crippen molar-refractivity contribution in [2.45, 2.75) is 17.8 Å². The Morgan fingerprint density at radius 3 is 2.62 bits per heavy atom. The van der Waals surface area contributed by atoms with Gasteiger partial charge in [-0.2, -0.15) is 0 Å². The van der Waals surface area contributed by atoms with Crippen molar-refractivity contribution in [3.63, 3.8) is 0 Å². The molecule has 0 aliphatic heterocycles. The molecule has 3 rings (SSSR count). The van der Waals surface area contributed by atoms with Crippen LogP contribution in [-0.2, 0) is 5.75 Å². The molecule has 3 nitrogen and oxygen atoms in total. The fraction of sp³-hybridized carbons (Fsp3) is 0.125. The van der Waals surface area contributed by atoms with Gasteiger partial charge in [-0.05, 0) is 36.8 Å². The molecule has 0 N–H and O–H groups in total. The highest BCUT2D eigenvalue weighted by Crippen LogP contribution is 2.25. The molecule has 21 heavy (non-hydrogen) atoms. The zero-order valence-corrected chi connectivity index (χ0v) is 12.3. The molecular weight excluding hydrogens is 285 g/mol. The number of hydrogen-bond donors (Lipinski definition) is 0. The molecule has 2 aromatic carbocycles. The molecule has 0 saturated carbocycles. The second-order valence-corrected chi connectivity index (χ2v) is 5.56. The first-order chi connectivity index (χ1) is 10.2. The van der Waals surface area contributed by atoms with Crippen LogP contribution in [0.25, 0.3) is 5.69 Å². The van der Waals surface area contributed by atoms with E-state index in [2.05, 4.69) is 10.2 Å². The predicted molar refractivity (Wildman–Crippen MR) is 82.1 cm³/mol. The second kappa shape index (κ2) is 6.10. The number of thioether (sulfide) groups is 1. The lowest BCUT2D eigenvalue weighted by Gasteiger charge is -2.08. The van der Waals surface area contributed by atoms with Crippen molar-refractivity contribution in [2.24, 2.45) is 0 Å². The Morgan fingerprint density at radius 1 is 1.05 bits per heavy atom. The van der Waals surface area contributed by atoms with Crippen LogP contribution in [0.15, 0.2) is 59.8 Å². The van der Waals surface area contributed by atoms with Crippen LogP contribution < -0.4 is 0 Å². The summed E-state index contributed by atoms with van der Waals surface area (Å²) in [5.41, 5.74) is 1.96. The van der Waals surface area contributed by atoms with Gasteiger partial charge in [0.05, 0.1) is 0 Å². The van der Waals surface area contributed by atoms with Crippen LogP contribution in [0, 0.1) is 12.7 Å². The van der Waals surface area contributed by atoms with Crippen LogP contribution in [0.5, 0.6) is 0 Å². The topological polar surface area (TPSA) is 30.7 Å². The molecule has 1 aromatic heterocycles. The van der Waals surface area contributed by atoms with Crippen LogP contribution in [0.3, 0.4) is 0 Å². The summed E-state index contributed by atoms with van der Waals surface area (Å²) in [5.74, 6) is 1.28. The summed E-state index contributed by atoms with van der Waals surface area (Å²) < 4.78 is 15.2. The van der Waals surface area contributed by atoms with Gasteiger partial charge in [-0.15, -0.1) is 10.2 Å². The van der Waals surface area contributed by atoms with E-state index in [1.54, 1.807) is 23.9 Å². The number of para-hydroxylation sites is 1. The summed E-state index contributed by atoms with van der Waals surface area (Å²) in [6.07, 6.45) is 0. The van der Waals surface area contributed by atoms with Crippen LogP contribution in [-0.4, -0.2) is 14.8 Å². The Morgan fingerprint density at radius 2 is 1.86 bits per heavy atom. The highest BCUT2D eigenvalue weighted by Gasteiger charge is 2.11. The standard InChI is InChI=1S/C16H14FN3S/c1-12-18-19-16(20(12)15-8-3-2-4-9-15)21-11-13-6-5-7-14(17)10-13/h2-10H,11H2,1H3. The lowest BCUT2D eigenvalue weighted by molar-refractivity contribution is 0.626. The van der Waals surface area contributed by atoms with E-state index in [-0.39, 0.29) is 5.82 Å². The van der Waals surface area contributed by atoms with Gasteiger partial charge in [0.2, 0.25) is 0 Å². The van der Waals surface area contributed by atoms with Crippen molar-refractivity contribution < 1.29 is 4.39 Å². The third-order valence-corrected chi connectivity index (χ3v) is 4.07. The lowest BCUT2D eigenvalue weighted by Crippen LogP contribution is -1.98. The lowest BCUT2D eigenvalue weighted by atomic mass is 10.2. The zero-order chi connectivity index (χ0) is 14.7. The molecule has 0 saturated heterocycles. The molecule has 0 aliphatic carbocycles. The Hall–Kier alpha value is -2.14. The first kappa shape index (κ1) is 13.8. The number of aromatic nitrogens is 3. The average molecular weight is 299 g/mol. The van der Waals surface area contributed by atoms with Gasteiger partial charge >= 0.3 is 0 Å². The van der Waals surface area contributed by atoms with Gasteiger partial charge in [-0.1, -0.05) is 42.1 Å². The number of nitrogens with zero attached hydrogens (tertiary/aromatic N) is 3. The van der Waals surface area contributed by atoms with Crippen molar-refractivity contribution in [1.82, 2.24) is 14.8 Å². The number of benzene rings is 2. The normalized spacial score (nSPS) is 10.8. The van der Waals surface area contributed by atoms with Gasteiger partial charge in [0.15, 0.2) is 5.16 Å². The molecule has 0 unspecified atom stereocenters. The van der Waals surface area contributed by atoms with Gasteiger partial charge in [0.1, 0.15) is 11.6 Å². The molecule has 0 atom stereocenters. The predicted octanol–water partition coefficient (Wildman–Crippen LogP) is 4.01. The van der Waals surface area contributed by atoms with Crippen molar-refractivity contribution >= 4 is 11.8 Å². The van der Waals surface area contributed by atoms with E-state index in [1.165, 1.54) is 6.07 Å². The molecule has 3 aromatic rings. The molecule has 0 fully saturated rings. The minimum absolute atomic E-state index is 0.214. The molecule has 1 heterocycles. The van der Waals surface area contributed by atoms with E-state index in [0.29, 0.717) is 5.75 Å². The minimum atomic E-state index is -0.214. The molecular formula is C16H14FN3S. The summed E-state index contributed by atoms with van der Waals surface area (Å²) in [5, 5.41) is 9.16. The van der Waals surface area contributed by atoms with Crippen molar-refractivity contribution in [2.75, 3.05) is 0 Å². The van der Waals surface area contributed by atoms with Crippen molar-refractivity contribution in [3.05, 3.63) is 71.8 Å². The molecule has 0 amide bonds. The molecule has 0 aliphatic rings. The van der Waals surface area contributed by atoms with E-state index in [0.717, 1.165) is 22.2 Å². The zero-order valence-electron chi connectivity index (χ0n) is 11.5. The van der Waals surface area contributed by atoms with Gasteiger partial charge in [-0.25, -0.2) is 4.39 Å². The van der Waals surface area contributed by atoms with E-state index in [9.17, 15) is 4.39 Å². The number of rotatable bonds is 4. The second-order valence-electron chi connectivity index (χ2n) is 4.62. The summed E-state index contributed by atoms with van der Waals surface area (Å²) in [4.78, 5) is 0. The van der Waals surface area contributed by atoms with Gasteiger partial charge in [0.25, 0.3) is 0 Å². The fourth-order valence-electron chi connectivity index (χ4n) is 2.09. The summed E-state index contributed by atoms with van der Waals surface area (Å²) in [6, 6.07) is 16.6. The Kier molecular flexibility index (Phi) is 4.01. The van der Waals surface area contributed by atoms with Gasteiger partial charge in [-0.3, -0.25) is 4.57 Å². The van der Waals surface area contributed by atoms with Crippen LogP contribution >= 0.6 is 11.8 Å². The third-order valence-electron chi connectivity index (χ3n) is 3.07. The monoisotopic (exact) mass is 299 g/mol. The average Bonchev–Trinajstić information content (AvgIpc) is 2.87. The van der Waals surface area contributed by atoms with Crippen molar-refractivity contribution in [1.29, 1.82) is 0 Å². The van der Waals surface area contributed by atoms with Gasteiger partial charge < -0.3 is 0 Å². The van der Waals surface area contributed by atoms with E-state index in [1.807, 2.05) is 47.9 Å². The Labute approximate surface area is 126 Å². The van der Waals surface area contributed by atoms with Crippen LogP contribution in [0.4, 0.5) is 4.39 Å². The van der Waals surface area contributed by atoms with Crippen LogP contribution in [0.1, 0.15) is 11.4 Å². The van der Waals surface area contributed by atoms with E-state index < -0.39 is 0 Å². The quantitative estimate of drug-likeness (QED) is 0.682. The Bertz CT molecular complexity index is 740. The first-order valence-electron chi connectivity index (χ1n) is 6.59. The first-order valence-corrected chi connectivity index (χ1v) is 7.57. The maximum absolute atomic E-state index is 13.2. The molecule has 5 heteroatoms. The van der Waals surface area contributed by atoms with Gasteiger partial charge in [0, 0.05) is 11.4 Å². The highest BCUT2D eigenvalue weighted by atomic mass is 32.2. The number of hydrogen-bond acceptors (Lipinski definition) is 3. The van der Waals surface area contributed by atoms with E-state index in [4.69, 9.17) is 0 Å². The van der Waals surface area contributed by atoms with Crippen LogP contribution in [0.2, 0.25) is 0 Å². The smallest absolute Gasteiger partial charge is 0.196 e. The van der Waals surface area contributed by atoms with E-state index >= 15 is 0 Å². The summed E-state index contributed by atoms with van der Waals surface area (Å²) in [6.45, 7) is 1.92. The summed E-state index contributed by atoms with van der Waals surface area (Å²) >= 11 is 1.55. The third kappa shape index (κ3) is 3.13. The Balaban J connectivity index is 1.84. The minimum Gasteiger partial charge on any atom is -0.274 e. The summed E-state index contributed by atoms with van der Waals surface area (Å²) in [7, 11) is 0. The molecule has 0 spiro atoms. The maximum Gasteiger partial charge on any atom is 0.196 e. The molecule has 106 valence electrons.